The fourth-order valence-corrected chi connectivity index (χ4v) is 7.95. The molecular weight excluding hydrogens is 635 g/mol. The second-order valence-corrected chi connectivity index (χ2v) is 14.1. The zero-order valence-corrected chi connectivity index (χ0v) is 28.8. The summed E-state index contributed by atoms with van der Waals surface area (Å²) in [6, 6.07) is 53.4. The van der Waals surface area contributed by atoms with E-state index in [4.69, 9.17) is 14.4 Å². The molecule has 0 N–H and O–H groups in total. The van der Waals surface area contributed by atoms with Crippen LogP contribution in [0.3, 0.4) is 0 Å². The van der Waals surface area contributed by atoms with Crippen molar-refractivity contribution in [2.45, 2.75) is 19.3 Å². The Bertz CT molecular complexity index is 2820. The highest BCUT2D eigenvalue weighted by Crippen LogP contribution is 2.50. The van der Waals surface area contributed by atoms with Crippen LogP contribution in [0, 0.1) is 0 Å². The topological polar surface area (TPSA) is 51.8 Å². The number of hydrogen-bond donors (Lipinski definition) is 0. The van der Waals surface area contributed by atoms with E-state index in [0.717, 1.165) is 72.3 Å². The number of nitrogens with zero attached hydrogens (tertiary/aromatic N) is 3. The van der Waals surface area contributed by atoms with E-state index in [9.17, 15) is 0 Å². The second-order valence-electron chi connectivity index (χ2n) is 14.1. The predicted octanol–water partition coefficient (Wildman–Crippen LogP) is 12.4. The van der Waals surface area contributed by atoms with Crippen LogP contribution in [0.5, 0.6) is 0 Å². The van der Waals surface area contributed by atoms with E-state index < -0.39 is 0 Å². The Balaban J connectivity index is 1.20. The predicted molar refractivity (Wildman–Crippen MR) is 212 cm³/mol. The number of hydrogen-bond acceptors (Lipinski definition) is 4. The first kappa shape index (κ1) is 30.2. The quantitative estimate of drug-likeness (QED) is 0.183. The minimum atomic E-state index is -0.0532. The average molecular weight is 668 g/mol. The van der Waals surface area contributed by atoms with Gasteiger partial charge in [0.15, 0.2) is 5.82 Å². The van der Waals surface area contributed by atoms with E-state index in [1.54, 1.807) is 0 Å². The van der Waals surface area contributed by atoms with E-state index >= 15 is 0 Å². The van der Waals surface area contributed by atoms with Crippen LogP contribution >= 0.6 is 0 Å². The summed E-state index contributed by atoms with van der Waals surface area (Å²) < 4.78 is 6.49. The molecule has 0 spiro atoms. The van der Waals surface area contributed by atoms with Crippen molar-refractivity contribution in [1.29, 1.82) is 0 Å². The number of aromatic nitrogens is 3. The lowest BCUT2D eigenvalue weighted by Crippen LogP contribution is -2.14. The van der Waals surface area contributed by atoms with Crippen molar-refractivity contribution in [3.05, 3.63) is 175 Å². The molecule has 0 saturated carbocycles. The standard InChI is InChI=1S/C48H33N3O/c1-48(2)41-17-8-6-13-36(41)40-28-32(19-20-42(40)48)34-25-33(30-21-23-49-24-22-30)26-35(27-34)43-29-44(51-47(50-43)31-11-4-3-5-12-31)39-16-10-15-38-37-14-7-9-18-45(37)52-46(38)39/h3-29H,1-2H3. The normalized spacial score (nSPS) is 13.0. The molecule has 3 aromatic heterocycles. The largest absolute Gasteiger partial charge is 0.455 e. The summed E-state index contributed by atoms with van der Waals surface area (Å²) in [4.78, 5) is 14.7. The minimum absolute atomic E-state index is 0.0532. The minimum Gasteiger partial charge on any atom is -0.455 e. The van der Waals surface area contributed by atoms with Crippen LogP contribution in [0.4, 0.5) is 0 Å². The second kappa shape index (κ2) is 11.7. The maximum atomic E-state index is 6.49. The first-order valence-corrected chi connectivity index (χ1v) is 17.7. The fourth-order valence-electron chi connectivity index (χ4n) is 7.95. The third-order valence-corrected chi connectivity index (χ3v) is 10.6. The van der Waals surface area contributed by atoms with Gasteiger partial charge < -0.3 is 4.42 Å². The van der Waals surface area contributed by atoms with E-state index in [2.05, 4.69) is 134 Å². The summed E-state index contributed by atoms with van der Waals surface area (Å²) in [6.07, 6.45) is 3.70. The number of rotatable bonds is 5. The lowest BCUT2D eigenvalue weighted by molar-refractivity contribution is 0.660. The third kappa shape index (κ3) is 4.87. The molecule has 0 radical (unpaired) electrons. The van der Waals surface area contributed by atoms with Crippen molar-refractivity contribution >= 4 is 21.9 Å². The Hall–Kier alpha value is -6.65. The van der Waals surface area contributed by atoms with E-state index in [-0.39, 0.29) is 5.41 Å². The molecule has 246 valence electrons. The number of para-hydroxylation sites is 2. The Morgan fingerprint density at radius 1 is 0.442 bits per heavy atom. The van der Waals surface area contributed by atoms with Crippen LogP contribution in [0.2, 0.25) is 0 Å². The van der Waals surface area contributed by atoms with Gasteiger partial charge in [0.1, 0.15) is 11.2 Å². The Morgan fingerprint density at radius 2 is 1.12 bits per heavy atom. The molecule has 4 heteroatoms. The van der Waals surface area contributed by atoms with Crippen molar-refractivity contribution in [3.63, 3.8) is 0 Å². The molecule has 9 aromatic rings. The van der Waals surface area contributed by atoms with Crippen LogP contribution < -0.4 is 0 Å². The molecule has 0 fully saturated rings. The average Bonchev–Trinajstić information content (AvgIpc) is 3.70. The summed E-state index contributed by atoms with van der Waals surface area (Å²) in [6.45, 7) is 4.64. The summed E-state index contributed by atoms with van der Waals surface area (Å²) in [5.41, 5.74) is 15.9. The Morgan fingerprint density at radius 3 is 1.98 bits per heavy atom. The van der Waals surface area contributed by atoms with E-state index in [1.165, 1.54) is 22.3 Å². The summed E-state index contributed by atoms with van der Waals surface area (Å²) >= 11 is 0. The Labute approximate surface area is 302 Å². The molecule has 10 rings (SSSR count). The molecule has 0 atom stereocenters. The van der Waals surface area contributed by atoms with Gasteiger partial charge in [0.25, 0.3) is 0 Å². The summed E-state index contributed by atoms with van der Waals surface area (Å²) in [5, 5.41) is 2.16. The molecule has 0 saturated heterocycles. The van der Waals surface area contributed by atoms with Crippen molar-refractivity contribution in [2.75, 3.05) is 0 Å². The van der Waals surface area contributed by atoms with Crippen LogP contribution in [0.1, 0.15) is 25.0 Å². The fraction of sp³-hybridized carbons (Fsp3) is 0.0625. The molecule has 1 aliphatic rings. The van der Waals surface area contributed by atoms with Crippen LogP contribution in [0.15, 0.2) is 168 Å². The molecule has 0 aliphatic heterocycles. The highest BCUT2D eigenvalue weighted by Gasteiger charge is 2.35. The van der Waals surface area contributed by atoms with Gasteiger partial charge in [-0.15, -0.1) is 0 Å². The zero-order valence-electron chi connectivity index (χ0n) is 28.8. The summed E-state index contributed by atoms with van der Waals surface area (Å²) in [7, 11) is 0. The summed E-state index contributed by atoms with van der Waals surface area (Å²) in [5.74, 6) is 0.661. The van der Waals surface area contributed by atoms with E-state index in [0.29, 0.717) is 5.82 Å². The number of pyridine rings is 1. The van der Waals surface area contributed by atoms with Crippen LogP contribution in [0.25, 0.3) is 89.2 Å². The van der Waals surface area contributed by atoms with E-state index in [1.807, 2.05) is 48.8 Å². The monoisotopic (exact) mass is 667 g/mol. The number of furan rings is 1. The maximum absolute atomic E-state index is 6.49. The number of benzene rings is 6. The van der Waals surface area contributed by atoms with Gasteiger partial charge in [-0.1, -0.05) is 111 Å². The smallest absolute Gasteiger partial charge is 0.160 e. The number of fused-ring (bicyclic) bond motifs is 6. The van der Waals surface area contributed by atoms with Gasteiger partial charge in [-0.05, 0) is 99.1 Å². The molecule has 4 nitrogen and oxygen atoms in total. The molecule has 0 bridgehead atoms. The SMILES string of the molecule is CC1(C)c2ccccc2-c2cc(-c3cc(-c4ccncc4)cc(-c4cc(-c5cccc6c5oc5ccccc56)nc(-c5ccccc5)n4)c3)ccc21. The highest BCUT2D eigenvalue weighted by molar-refractivity contribution is 6.09. The van der Waals surface area contributed by atoms with Gasteiger partial charge in [0.05, 0.1) is 11.4 Å². The zero-order chi connectivity index (χ0) is 34.8. The van der Waals surface area contributed by atoms with Gasteiger partial charge >= 0.3 is 0 Å². The third-order valence-electron chi connectivity index (χ3n) is 10.6. The van der Waals surface area contributed by atoms with Crippen molar-refractivity contribution in [2.24, 2.45) is 0 Å². The first-order chi connectivity index (χ1) is 25.5. The van der Waals surface area contributed by atoms with Crippen LogP contribution in [-0.2, 0) is 5.41 Å². The van der Waals surface area contributed by atoms with Gasteiger partial charge in [-0.2, -0.15) is 0 Å². The van der Waals surface area contributed by atoms with Crippen molar-refractivity contribution in [3.8, 4) is 67.3 Å². The van der Waals surface area contributed by atoms with Gasteiger partial charge in [0, 0.05) is 45.3 Å². The van der Waals surface area contributed by atoms with Crippen LogP contribution in [-0.4, -0.2) is 15.0 Å². The first-order valence-electron chi connectivity index (χ1n) is 17.7. The lowest BCUT2D eigenvalue weighted by Gasteiger charge is -2.21. The molecular formula is C48H33N3O. The van der Waals surface area contributed by atoms with Gasteiger partial charge in [-0.3, -0.25) is 4.98 Å². The van der Waals surface area contributed by atoms with Crippen molar-refractivity contribution in [1.82, 2.24) is 15.0 Å². The maximum Gasteiger partial charge on any atom is 0.160 e. The molecule has 0 unspecified atom stereocenters. The van der Waals surface area contributed by atoms with Crippen molar-refractivity contribution < 1.29 is 4.42 Å². The highest BCUT2D eigenvalue weighted by atomic mass is 16.3. The van der Waals surface area contributed by atoms with Gasteiger partial charge in [-0.25, -0.2) is 9.97 Å². The molecule has 6 aromatic carbocycles. The van der Waals surface area contributed by atoms with Gasteiger partial charge in [0.2, 0.25) is 0 Å². The Kier molecular flexibility index (Phi) is 6.80. The molecule has 52 heavy (non-hydrogen) atoms. The lowest BCUT2D eigenvalue weighted by atomic mass is 9.82. The molecule has 0 amide bonds. The molecule has 3 heterocycles. The molecule has 1 aliphatic carbocycles.